The van der Waals surface area contributed by atoms with Crippen LogP contribution in [-0.4, -0.2) is 15.7 Å². The maximum absolute atomic E-state index is 4.25. The normalized spacial score (nSPS) is 13.8. The first-order valence-electron chi connectivity index (χ1n) is 16.1. The summed E-state index contributed by atoms with van der Waals surface area (Å²) in [5, 5.41) is 1.26. The molecular formula is C42H34BN3. The van der Waals surface area contributed by atoms with Crippen molar-refractivity contribution in [3.8, 4) is 16.8 Å². The van der Waals surface area contributed by atoms with Gasteiger partial charge >= 0.3 is 0 Å². The molecule has 0 saturated heterocycles. The number of imidazole rings is 1. The molecule has 0 radical (unpaired) electrons. The molecule has 220 valence electrons. The molecule has 0 bridgehead atoms. The van der Waals surface area contributed by atoms with E-state index in [1.165, 1.54) is 77.7 Å². The van der Waals surface area contributed by atoms with Crippen LogP contribution in [0.5, 0.6) is 0 Å². The Kier molecular flexibility index (Phi) is 5.56. The first-order valence-corrected chi connectivity index (χ1v) is 16.1. The van der Waals surface area contributed by atoms with Crippen LogP contribution in [0.4, 0.5) is 11.4 Å². The van der Waals surface area contributed by atoms with Crippen LogP contribution >= 0.6 is 0 Å². The molecule has 0 spiro atoms. The van der Waals surface area contributed by atoms with Crippen LogP contribution < -0.4 is 21.3 Å². The quantitative estimate of drug-likeness (QED) is 0.148. The van der Waals surface area contributed by atoms with E-state index in [9.17, 15) is 0 Å². The summed E-state index contributed by atoms with van der Waals surface area (Å²) in [6.07, 6.45) is 5.87. The number of rotatable bonds is 4. The second kappa shape index (κ2) is 9.51. The second-order valence-electron chi connectivity index (χ2n) is 13.5. The van der Waals surface area contributed by atoms with Crippen molar-refractivity contribution in [2.45, 2.75) is 26.2 Å². The Bertz CT molecular complexity index is 2450. The Balaban J connectivity index is 1.54. The van der Waals surface area contributed by atoms with Gasteiger partial charge in [-0.1, -0.05) is 119 Å². The molecule has 4 heterocycles. The summed E-state index contributed by atoms with van der Waals surface area (Å²) in [6, 6.07) is 40.4. The van der Waals surface area contributed by atoms with E-state index in [0.717, 1.165) is 5.70 Å². The molecule has 9 rings (SSSR count). The van der Waals surface area contributed by atoms with Crippen molar-refractivity contribution in [1.29, 1.82) is 0 Å². The van der Waals surface area contributed by atoms with Crippen LogP contribution in [0.25, 0.3) is 44.4 Å². The average Bonchev–Trinajstić information content (AvgIpc) is 3.59. The monoisotopic (exact) mass is 591 g/mol. The van der Waals surface area contributed by atoms with Crippen LogP contribution in [0, 0.1) is 0 Å². The van der Waals surface area contributed by atoms with Gasteiger partial charge in [0.2, 0.25) is 0 Å². The van der Waals surface area contributed by atoms with Gasteiger partial charge < -0.3 is 4.90 Å². The maximum Gasteiger partial charge on any atom is 0.252 e. The smallest absolute Gasteiger partial charge is 0.252 e. The lowest BCUT2D eigenvalue weighted by atomic mass is 9.33. The predicted molar refractivity (Wildman–Crippen MR) is 198 cm³/mol. The Morgan fingerprint density at radius 2 is 1.41 bits per heavy atom. The second-order valence-corrected chi connectivity index (χ2v) is 13.5. The summed E-state index contributed by atoms with van der Waals surface area (Å²) in [5.41, 5.74) is 17.2. The lowest BCUT2D eigenvalue weighted by Crippen LogP contribution is -2.60. The number of hydrogen-bond donors (Lipinski definition) is 0. The van der Waals surface area contributed by atoms with E-state index in [4.69, 9.17) is 0 Å². The van der Waals surface area contributed by atoms with Crippen molar-refractivity contribution in [2.75, 3.05) is 4.90 Å². The Labute approximate surface area is 270 Å². The van der Waals surface area contributed by atoms with E-state index in [-0.39, 0.29) is 12.1 Å². The van der Waals surface area contributed by atoms with E-state index >= 15 is 0 Å². The summed E-state index contributed by atoms with van der Waals surface area (Å²) < 4.78 is 5.08. The van der Waals surface area contributed by atoms with E-state index in [1.807, 2.05) is 12.2 Å². The Hall–Kier alpha value is -5.48. The van der Waals surface area contributed by atoms with Gasteiger partial charge in [-0.3, -0.25) is 8.97 Å². The number of nitrogens with zero attached hydrogens (tertiary/aromatic N) is 3. The van der Waals surface area contributed by atoms with Crippen molar-refractivity contribution in [2.24, 2.45) is 0 Å². The summed E-state index contributed by atoms with van der Waals surface area (Å²) in [6.45, 7) is 15.3. The van der Waals surface area contributed by atoms with Gasteiger partial charge in [0.1, 0.15) is 5.65 Å². The zero-order valence-electron chi connectivity index (χ0n) is 26.5. The van der Waals surface area contributed by atoms with Crippen LogP contribution in [-0.2, 0) is 5.41 Å². The number of hydrogen-bond acceptors (Lipinski definition) is 1. The number of allylic oxidation sites excluding steroid dienone is 3. The highest BCUT2D eigenvalue weighted by Crippen LogP contribution is 2.44. The number of anilines is 2. The molecule has 0 atom stereocenters. The van der Waals surface area contributed by atoms with Gasteiger partial charge in [0, 0.05) is 33.7 Å². The molecule has 2 aliphatic heterocycles. The molecule has 0 N–H and O–H groups in total. The molecule has 0 unspecified atom stereocenters. The van der Waals surface area contributed by atoms with Crippen molar-refractivity contribution >= 4 is 62.1 Å². The van der Waals surface area contributed by atoms with E-state index in [1.54, 1.807) is 0 Å². The third kappa shape index (κ3) is 3.44. The molecule has 2 aromatic heterocycles. The molecule has 0 fully saturated rings. The zero-order valence-corrected chi connectivity index (χ0v) is 26.5. The number of fused-ring (bicyclic) bond motifs is 9. The molecule has 2 aliphatic rings. The van der Waals surface area contributed by atoms with Crippen molar-refractivity contribution in [1.82, 2.24) is 8.97 Å². The van der Waals surface area contributed by atoms with Crippen LogP contribution in [0.15, 0.2) is 146 Å². The molecule has 7 aromatic rings. The van der Waals surface area contributed by atoms with Crippen LogP contribution in [0.1, 0.15) is 26.3 Å². The van der Waals surface area contributed by atoms with Crippen molar-refractivity contribution in [3.05, 3.63) is 152 Å². The third-order valence-electron chi connectivity index (χ3n) is 9.96. The summed E-state index contributed by atoms with van der Waals surface area (Å²) in [5.74, 6) is 0. The van der Waals surface area contributed by atoms with Crippen LogP contribution in [0.3, 0.4) is 0 Å². The van der Waals surface area contributed by atoms with Gasteiger partial charge in [0.05, 0.1) is 16.6 Å². The molecule has 4 heteroatoms. The average molecular weight is 592 g/mol. The molecule has 0 amide bonds. The molecule has 0 saturated carbocycles. The Morgan fingerprint density at radius 3 is 2.20 bits per heavy atom. The van der Waals surface area contributed by atoms with Crippen molar-refractivity contribution in [3.63, 3.8) is 0 Å². The fourth-order valence-corrected chi connectivity index (χ4v) is 8.02. The number of aromatic nitrogens is 2. The van der Waals surface area contributed by atoms with Gasteiger partial charge in [-0.05, 0) is 75.4 Å². The van der Waals surface area contributed by atoms with E-state index in [0.29, 0.717) is 0 Å². The van der Waals surface area contributed by atoms with E-state index < -0.39 is 0 Å². The maximum atomic E-state index is 4.25. The summed E-state index contributed by atoms with van der Waals surface area (Å²) >= 11 is 0. The number of benzene rings is 5. The highest BCUT2D eigenvalue weighted by molar-refractivity contribution is 7.00. The lowest BCUT2D eigenvalue weighted by molar-refractivity contribution is 0.590. The lowest BCUT2D eigenvalue weighted by Gasteiger charge is -2.41. The van der Waals surface area contributed by atoms with Gasteiger partial charge in [0.25, 0.3) is 6.71 Å². The first-order chi connectivity index (χ1) is 22.4. The molecule has 3 nitrogen and oxygen atoms in total. The van der Waals surface area contributed by atoms with Gasteiger partial charge in [-0.25, -0.2) is 0 Å². The third-order valence-corrected chi connectivity index (χ3v) is 9.96. The highest BCUT2D eigenvalue weighted by atomic mass is 15.2. The summed E-state index contributed by atoms with van der Waals surface area (Å²) in [4.78, 5) is 2.40. The minimum Gasteiger partial charge on any atom is -0.311 e. The van der Waals surface area contributed by atoms with E-state index in [2.05, 4.69) is 163 Å². The zero-order chi connectivity index (χ0) is 31.3. The van der Waals surface area contributed by atoms with Gasteiger partial charge in [0.15, 0.2) is 0 Å². The first kappa shape index (κ1) is 26.9. The number of para-hydroxylation sites is 3. The molecular weight excluding hydrogens is 557 g/mol. The fourth-order valence-electron chi connectivity index (χ4n) is 8.02. The Morgan fingerprint density at radius 1 is 0.717 bits per heavy atom. The highest BCUT2D eigenvalue weighted by Gasteiger charge is 2.43. The summed E-state index contributed by atoms with van der Waals surface area (Å²) in [7, 11) is 0. The topological polar surface area (TPSA) is 12.6 Å². The molecule has 0 aliphatic carbocycles. The van der Waals surface area contributed by atoms with Crippen LogP contribution in [0.2, 0.25) is 0 Å². The predicted octanol–water partition coefficient (Wildman–Crippen LogP) is 8.54. The minimum absolute atomic E-state index is 0.0748. The largest absolute Gasteiger partial charge is 0.311 e. The van der Waals surface area contributed by atoms with Gasteiger partial charge in [-0.2, -0.15) is 0 Å². The molecule has 5 aromatic carbocycles. The standard InChI is InChI=1S/C42H34BN3/c1-6-16-29(7-2)44-34-23-14-12-20-31(34)43-32-21-15-24-35-40(32)46(37-26-28(42(3,4)5)25-36(44)39(37)43)41-38(27-17-9-8-10-18-27)30-19-11-13-22-33(30)45(35)41/h6-26H,1-2H2,3-5H3/b29-16+. The van der Waals surface area contributed by atoms with Crippen molar-refractivity contribution < 1.29 is 0 Å². The minimum atomic E-state index is -0.0748. The fraction of sp³-hybridized carbons (Fsp3) is 0.0952. The SMILES string of the molecule is C=C/C=C(\C=C)N1c2ccccc2B2c3c1cc(C(C)(C)C)cc3-n1c3c2cccc3n2c3ccccc3c(-c3ccccc3)c12. The molecule has 46 heavy (non-hydrogen) atoms. The van der Waals surface area contributed by atoms with Gasteiger partial charge in [-0.15, -0.1) is 0 Å².